The van der Waals surface area contributed by atoms with Crippen molar-refractivity contribution >= 4 is 34.6 Å². The van der Waals surface area contributed by atoms with Gasteiger partial charge in [-0.3, -0.25) is 9.59 Å². The van der Waals surface area contributed by atoms with Crippen molar-refractivity contribution in [1.29, 1.82) is 0 Å². The van der Waals surface area contributed by atoms with E-state index in [4.69, 9.17) is 4.74 Å². The number of nitrogens with one attached hydrogen (secondary N) is 4. The van der Waals surface area contributed by atoms with E-state index in [1.54, 1.807) is 0 Å². The van der Waals surface area contributed by atoms with Crippen LogP contribution in [0.15, 0.2) is 24.3 Å². The smallest absolute Gasteiger partial charge is 0.418 e. The van der Waals surface area contributed by atoms with E-state index in [2.05, 4.69) is 30.9 Å². The summed E-state index contributed by atoms with van der Waals surface area (Å²) < 4.78 is 138. The molecule has 48 heavy (non-hydrogen) atoms. The molecule has 2 aromatic heterocycles. The highest BCUT2D eigenvalue weighted by Crippen LogP contribution is 2.43. The van der Waals surface area contributed by atoms with Crippen LogP contribution in [0, 0.1) is 11.8 Å². The van der Waals surface area contributed by atoms with Gasteiger partial charge in [0, 0.05) is 31.3 Å². The molecule has 9 nitrogen and oxygen atoms in total. The predicted molar refractivity (Wildman–Crippen MR) is 149 cm³/mol. The van der Waals surface area contributed by atoms with Gasteiger partial charge in [0.2, 0.25) is 23.7 Å². The molecule has 2 fully saturated rings. The average molecular weight is 699 g/mol. The molecule has 2 heterocycles. The molecule has 4 N–H and O–H groups in total. The number of ether oxygens (including phenoxy) is 1. The number of carbonyl (C=O) groups excluding carboxylic acids is 2. The minimum absolute atomic E-state index is 0.0100. The monoisotopic (exact) mass is 698 g/mol. The van der Waals surface area contributed by atoms with E-state index in [0.29, 0.717) is 0 Å². The van der Waals surface area contributed by atoms with Gasteiger partial charge in [-0.25, -0.2) is 22.5 Å². The second kappa shape index (κ2) is 13.3. The van der Waals surface area contributed by atoms with Gasteiger partial charge in [0.05, 0.1) is 17.2 Å². The number of fused-ring (bicyclic) bond motifs is 1. The molecule has 2 aliphatic carbocycles. The maximum Gasteiger partial charge on any atom is 0.418 e. The molecule has 3 aromatic rings. The summed E-state index contributed by atoms with van der Waals surface area (Å²) in [5.41, 5.74) is -2.11. The third kappa shape index (κ3) is 8.39. The van der Waals surface area contributed by atoms with Gasteiger partial charge in [-0.1, -0.05) is 6.07 Å². The molecule has 0 unspecified atom stereocenters. The van der Waals surface area contributed by atoms with Gasteiger partial charge >= 0.3 is 12.4 Å². The number of aromatic nitrogens is 3. The molecule has 0 saturated heterocycles. The molecule has 0 bridgehead atoms. The van der Waals surface area contributed by atoms with Crippen molar-refractivity contribution in [3.8, 4) is 5.88 Å². The van der Waals surface area contributed by atoms with Gasteiger partial charge in [0.25, 0.3) is 12.3 Å². The van der Waals surface area contributed by atoms with Crippen LogP contribution in [-0.2, 0) is 17.5 Å². The molecule has 0 radical (unpaired) electrons. The third-order valence-corrected chi connectivity index (χ3v) is 8.12. The van der Waals surface area contributed by atoms with E-state index in [1.165, 1.54) is 0 Å². The minimum atomic E-state index is -4.85. The molecule has 5 rings (SSSR count). The second-order valence-corrected chi connectivity index (χ2v) is 11.7. The standard InChI is InChI=1S/C29H28F10N6O3/c30-21(31)12-48-25-17(24(47)41-16-4-2-15(3-5-16)28(34,35)36)8-20-22(44-25)45-26(43-20)42-19-7-13(1-6-18(19)29(37,38)39)11-40-23(46)14-9-27(32,33)10-14/h1,6-8,14-16,21H,2-5,9-12H2,(H,40,46)(H,41,47)(H2,42,43,44,45)/t15-,16-. The molecular formula is C29H28F10N6O3. The molecule has 262 valence electrons. The fourth-order valence-corrected chi connectivity index (χ4v) is 5.59. The number of alkyl halides is 10. The molecule has 2 aliphatic rings. The van der Waals surface area contributed by atoms with Crippen LogP contribution in [-0.4, -0.2) is 57.9 Å². The van der Waals surface area contributed by atoms with Crippen molar-refractivity contribution < 1.29 is 58.2 Å². The normalized spacial score (nSPS) is 20.0. The zero-order valence-electron chi connectivity index (χ0n) is 24.7. The second-order valence-electron chi connectivity index (χ2n) is 11.7. The Labute approximate surface area is 265 Å². The zero-order valence-corrected chi connectivity index (χ0v) is 24.7. The molecular weight excluding hydrogens is 670 g/mol. The van der Waals surface area contributed by atoms with Crippen molar-refractivity contribution in [2.24, 2.45) is 11.8 Å². The Balaban J connectivity index is 1.36. The van der Waals surface area contributed by atoms with E-state index in [-0.39, 0.29) is 60.5 Å². The lowest BCUT2D eigenvalue weighted by molar-refractivity contribution is -0.182. The number of imidazole rings is 1. The summed E-state index contributed by atoms with van der Waals surface area (Å²) in [6, 6.07) is 3.32. The minimum Gasteiger partial charge on any atom is -0.471 e. The molecule has 19 heteroatoms. The summed E-state index contributed by atoms with van der Waals surface area (Å²) in [4.78, 5) is 35.9. The first-order valence-electron chi connectivity index (χ1n) is 14.7. The molecule has 0 aliphatic heterocycles. The quantitative estimate of drug-likeness (QED) is 0.172. The van der Waals surface area contributed by atoms with E-state index < -0.39 is 91.0 Å². The number of carbonyl (C=O) groups is 2. The average Bonchev–Trinajstić information content (AvgIpc) is 3.37. The lowest BCUT2D eigenvalue weighted by atomic mass is 9.81. The summed E-state index contributed by atoms with van der Waals surface area (Å²) in [5.74, 6) is -7.81. The first-order chi connectivity index (χ1) is 22.4. The fourth-order valence-electron chi connectivity index (χ4n) is 5.59. The van der Waals surface area contributed by atoms with Crippen molar-refractivity contribution in [2.45, 2.75) is 75.8 Å². The van der Waals surface area contributed by atoms with Crippen molar-refractivity contribution in [3.63, 3.8) is 0 Å². The SMILES string of the molecule is O=C(N[C@H]1CC[C@H](C(F)(F)F)CC1)c1cc2nc(Nc3cc(CNC(=O)C4CC(F)(F)C4)ccc3C(F)(F)F)[nH]c2nc1OCC(F)F. The highest BCUT2D eigenvalue weighted by molar-refractivity contribution is 5.99. The van der Waals surface area contributed by atoms with Gasteiger partial charge in [0.1, 0.15) is 11.1 Å². The highest BCUT2D eigenvalue weighted by Gasteiger charge is 2.48. The third-order valence-electron chi connectivity index (χ3n) is 8.12. The number of benzene rings is 1. The van der Waals surface area contributed by atoms with Gasteiger partial charge in [-0.15, -0.1) is 0 Å². The Morgan fingerprint density at radius 1 is 1.00 bits per heavy atom. The maximum atomic E-state index is 13.8. The van der Waals surface area contributed by atoms with E-state index in [0.717, 1.165) is 24.3 Å². The zero-order chi connectivity index (χ0) is 35.0. The number of aromatic amines is 1. The molecule has 1 aromatic carbocycles. The Hall–Kier alpha value is -4.32. The van der Waals surface area contributed by atoms with Gasteiger partial charge in [-0.05, 0) is 49.4 Å². The Morgan fingerprint density at radius 3 is 2.29 bits per heavy atom. The largest absolute Gasteiger partial charge is 0.471 e. The number of halogens is 10. The Kier molecular flexibility index (Phi) is 9.69. The van der Waals surface area contributed by atoms with Gasteiger partial charge in [0.15, 0.2) is 12.3 Å². The number of pyridine rings is 1. The fraction of sp³-hybridized carbons (Fsp3) is 0.517. The van der Waals surface area contributed by atoms with Crippen LogP contribution >= 0.6 is 0 Å². The van der Waals surface area contributed by atoms with E-state index >= 15 is 0 Å². The van der Waals surface area contributed by atoms with Crippen molar-refractivity contribution in [3.05, 3.63) is 41.0 Å². The topological polar surface area (TPSA) is 121 Å². The summed E-state index contributed by atoms with van der Waals surface area (Å²) in [6.07, 6.45) is -13.9. The van der Waals surface area contributed by atoms with Crippen LogP contribution in [0.1, 0.15) is 60.0 Å². The van der Waals surface area contributed by atoms with Crippen molar-refractivity contribution in [1.82, 2.24) is 25.6 Å². The van der Waals surface area contributed by atoms with Gasteiger partial charge in [-0.2, -0.15) is 31.3 Å². The van der Waals surface area contributed by atoms with E-state index in [1.807, 2.05) is 0 Å². The number of nitrogens with zero attached hydrogens (tertiary/aromatic N) is 2. The summed E-state index contributed by atoms with van der Waals surface area (Å²) in [6.45, 7) is -1.44. The number of anilines is 2. The van der Waals surface area contributed by atoms with Crippen molar-refractivity contribution in [2.75, 3.05) is 11.9 Å². The lowest BCUT2D eigenvalue weighted by Gasteiger charge is -2.33. The number of hydrogen-bond donors (Lipinski definition) is 4. The molecule has 0 spiro atoms. The number of amides is 2. The van der Waals surface area contributed by atoms with Crippen LogP contribution < -0.4 is 20.7 Å². The lowest BCUT2D eigenvalue weighted by Crippen LogP contribution is -2.44. The molecule has 0 atom stereocenters. The van der Waals surface area contributed by atoms with E-state index in [9.17, 15) is 53.5 Å². The number of H-pyrrole nitrogens is 1. The summed E-state index contributed by atoms with van der Waals surface area (Å²) in [7, 11) is 0. The first kappa shape index (κ1) is 35.0. The predicted octanol–water partition coefficient (Wildman–Crippen LogP) is 6.88. The summed E-state index contributed by atoms with van der Waals surface area (Å²) in [5, 5.41) is 7.44. The first-order valence-corrected chi connectivity index (χ1v) is 14.7. The van der Waals surface area contributed by atoms with Crippen LogP contribution in [0.2, 0.25) is 0 Å². The molecule has 2 amide bonds. The van der Waals surface area contributed by atoms with Gasteiger partial charge < -0.3 is 25.7 Å². The maximum absolute atomic E-state index is 13.8. The van der Waals surface area contributed by atoms with Crippen LogP contribution in [0.4, 0.5) is 55.5 Å². The number of hydrogen-bond acceptors (Lipinski definition) is 6. The number of rotatable bonds is 10. The van der Waals surface area contributed by atoms with Crippen LogP contribution in [0.25, 0.3) is 11.2 Å². The van der Waals surface area contributed by atoms with Crippen LogP contribution in [0.5, 0.6) is 5.88 Å². The highest BCUT2D eigenvalue weighted by atomic mass is 19.4. The molecule has 2 saturated carbocycles. The van der Waals surface area contributed by atoms with Crippen LogP contribution in [0.3, 0.4) is 0 Å². The summed E-state index contributed by atoms with van der Waals surface area (Å²) >= 11 is 0. The Morgan fingerprint density at radius 2 is 1.69 bits per heavy atom. The Bertz CT molecular complexity index is 1640.